The van der Waals surface area contributed by atoms with Gasteiger partial charge in [0.2, 0.25) is 10.0 Å². The molecule has 0 amide bonds. The first-order chi connectivity index (χ1) is 7.95. The average Bonchev–Trinajstić information content (AvgIpc) is 2.28. The number of nitrogens with zero attached hydrogens (tertiary/aromatic N) is 2. The number of hydrogen-bond acceptors (Lipinski definition) is 3. The number of carbonyl (C=O) groups excluding carboxylic acids is 1. The topological polar surface area (TPSA) is 99.6 Å². The summed E-state index contributed by atoms with van der Waals surface area (Å²) in [4.78, 5) is 13.4. The number of halogens is 1. The van der Waals surface area contributed by atoms with E-state index < -0.39 is 22.4 Å². The smallest absolute Gasteiger partial charge is 0.324 e. The van der Waals surface area contributed by atoms with Crippen LogP contribution in [0.4, 0.5) is 0 Å². The summed E-state index contributed by atoms with van der Waals surface area (Å²) < 4.78 is 25.3. The second-order valence-electron chi connectivity index (χ2n) is 2.99. The van der Waals surface area contributed by atoms with Crippen molar-refractivity contribution in [1.29, 1.82) is 0 Å². The van der Waals surface area contributed by atoms with Crippen molar-refractivity contribution in [3.63, 3.8) is 0 Å². The Labute approximate surface area is 103 Å². The van der Waals surface area contributed by atoms with Gasteiger partial charge in [0.1, 0.15) is 0 Å². The fraction of sp³-hybridized carbons (Fsp3) is 0.111. The summed E-state index contributed by atoms with van der Waals surface area (Å²) in [6, 6.07) is 5.48. The first kappa shape index (κ1) is 13.5. The molecule has 6 nitrogen and oxygen atoms in total. The lowest BCUT2D eigenvalue weighted by Crippen LogP contribution is -2.30. The fourth-order valence-electron chi connectivity index (χ4n) is 0.973. The molecule has 0 heterocycles. The van der Waals surface area contributed by atoms with Gasteiger partial charge in [0.25, 0.3) is 5.78 Å². The molecule has 0 aromatic heterocycles. The molecule has 1 aromatic rings. The molecule has 0 fully saturated rings. The normalized spacial score (nSPS) is 10.6. The zero-order chi connectivity index (χ0) is 12.9. The summed E-state index contributed by atoms with van der Waals surface area (Å²) in [5, 5.41) is 0.410. The molecule has 0 atom stereocenters. The Morgan fingerprint density at radius 3 is 2.53 bits per heavy atom. The number of carbonyl (C=O) groups is 1. The van der Waals surface area contributed by atoms with E-state index in [9.17, 15) is 13.2 Å². The minimum absolute atomic E-state index is 0.00404. The van der Waals surface area contributed by atoms with Gasteiger partial charge in [-0.1, -0.05) is 11.6 Å². The van der Waals surface area contributed by atoms with Crippen LogP contribution in [0.15, 0.2) is 29.2 Å². The molecule has 0 saturated carbocycles. The van der Waals surface area contributed by atoms with Crippen molar-refractivity contribution in [2.24, 2.45) is 0 Å². The highest BCUT2D eigenvalue weighted by Crippen LogP contribution is 2.13. The number of rotatable bonds is 5. The molecule has 0 radical (unpaired) electrons. The van der Waals surface area contributed by atoms with Gasteiger partial charge in [-0.25, -0.2) is 13.1 Å². The standard InChI is InChI=1S/C9H8ClN3O3S/c10-7-1-3-9(4-2-7)17(15,16)13-6-8(14)5-12-11/h1-5,13H,6H2. The molecular weight excluding hydrogens is 266 g/mol. The van der Waals surface area contributed by atoms with E-state index in [1.54, 1.807) is 0 Å². The van der Waals surface area contributed by atoms with Crippen LogP contribution in [0, 0.1) is 0 Å². The molecule has 8 heteroatoms. The summed E-state index contributed by atoms with van der Waals surface area (Å²) in [6.45, 7) is -0.477. The Bertz CT molecular complexity index is 562. The van der Waals surface area contributed by atoms with Crippen LogP contribution in [0.3, 0.4) is 0 Å². The van der Waals surface area contributed by atoms with Gasteiger partial charge in [-0.15, -0.1) is 0 Å². The lowest BCUT2D eigenvalue weighted by molar-refractivity contribution is -0.115. The highest BCUT2D eigenvalue weighted by atomic mass is 35.5. The van der Waals surface area contributed by atoms with Crippen molar-refractivity contribution in [1.82, 2.24) is 4.72 Å². The highest BCUT2D eigenvalue weighted by Gasteiger charge is 2.15. The van der Waals surface area contributed by atoms with Crippen LogP contribution in [-0.2, 0) is 14.8 Å². The van der Waals surface area contributed by atoms with Crippen molar-refractivity contribution >= 4 is 33.6 Å². The van der Waals surface area contributed by atoms with E-state index in [0.29, 0.717) is 11.2 Å². The van der Waals surface area contributed by atoms with Crippen molar-refractivity contribution in [2.45, 2.75) is 4.90 Å². The van der Waals surface area contributed by atoms with Crippen LogP contribution in [-0.4, -0.2) is 31.8 Å². The second kappa shape index (κ2) is 5.70. The van der Waals surface area contributed by atoms with Crippen LogP contribution in [0.1, 0.15) is 0 Å². The van der Waals surface area contributed by atoms with Gasteiger partial charge >= 0.3 is 6.21 Å². The van der Waals surface area contributed by atoms with E-state index in [1.165, 1.54) is 24.3 Å². The predicted octanol–water partition coefficient (Wildman–Crippen LogP) is 0.488. The van der Waals surface area contributed by atoms with E-state index >= 15 is 0 Å². The second-order valence-corrected chi connectivity index (χ2v) is 5.19. The molecular formula is C9H8ClN3O3S. The zero-order valence-electron chi connectivity index (χ0n) is 8.50. The lowest BCUT2D eigenvalue weighted by Gasteiger charge is -2.03. The Kier molecular flexibility index (Phi) is 4.53. The third-order valence-electron chi connectivity index (χ3n) is 1.76. The Hall–Kier alpha value is -1.53. The maximum Gasteiger partial charge on any atom is 0.324 e. The van der Waals surface area contributed by atoms with Crippen LogP contribution < -0.4 is 4.72 Å². The van der Waals surface area contributed by atoms with E-state index in [1.807, 2.05) is 0 Å². The van der Waals surface area contributed by atoms with Gasteiger partial charge in [-0.2, -0.15) is 4.79 Å². The number of sulfonamides is 1. The summed E-state index contributed by atoms with van der Waals surface area (Å²) in [5.41, 5.74) is 8.07. The van der Waals surface area contributed by atoms with Crippen LogP contribution in [0.5, 0.6) is 0 Å². The minimum atomic E-state index is -3.76. The molecule has 1 rings (SSSR count). The molecule has 0 unspecified atom stereocenters. The minimum Gasteiger partial charge on any atom is -0.361 e. The van der Waals surface area contributed by atoms with Crippen molar-refractivity contribution in [3.8, 4) is 0 Å². The van der Waals surface area contributed by atoms with Crippen LogP contribution in [0.2, 0.25) is 5.02 Å². The third kappa shape index (κ3) is 4.08. The maximum absolute atomic E-state index is 11.6. The maximum atomic E-state index is 11.6. The SMILES string of the molecule is [N-]=[N+]=CC(=O)CNS(=O)(=O)c1ccc(Cl)cc1. The molecule has 1 N–H and O–H groups in total. The van der Waals surface area contributed by atoms with Crippen molar-refractivity contribution in [3.05, 3.63) is 34.8 Å². The number of nitrogens with one attached hydrogen (secondary N) is 1. The Morgan fingerprint density at radius 1 is 1.41 bits per heavy atom. The highest BCUT2D eigenvalue weighted by molar-refractivity contribution is 7.89. The molecule has 0 bridgehead atoms. The number of hydrogen-bond donors (Lipinski definition) is 1. The van der Waals surface area contributed by atoms with Gasteiger partial charge in [0.05, 0.1) is 11.4 Å². The number of ketones is 1. The zero-order valence-corrected chi connectivity index (χ0v) is 10.1. The Morgan fingerprint density at radius 2 is 2.00 bits per heavy atom. The van der Waals surface area contributed by atoms with Gasteiger partial charge in [0.15, 0.2) is 0 Å². The van der Waals surface area contributed by atoms with Crippen LogP contribution >= 0.6 is 11.6 Å². The predicted molar refractivity (Wildman–Crippen MR) is 61.3 cm³/mol. The summed E-state index contributed by atoms with van der Waals surface area (Å²) in [5.74, 6) is -0.662. The monoisotopic (exact) mass is 273 g/mol. The Balaban J connectivity index is 2.79. The lowest BCUT2D eigenvalue weighted by atomic mass is 10.4. The fourth-order valence-corrected chi connectivity index (χ4v) is 2.09. The molecule has 0 aliphatic heterocycles. The van der Waals surface area contributed by atoms with Gasteiger partial charge in [0, 0.05) is 5.02 Å². The van der Waals surface area contributed by atoms with Crippen LogP contribution in [0.25, 0.3) is 5.53 Å². The average molecular weight is 274 g/mol. The molecule has 90 valence electrons. The van der Waals surface area contributed by atoms with E-state index in [2.05, 4.69) is 9.51 Å². The third-order valence-corrected chi connectivity index (χ3v) is 3.43. The van der Waals surface area contributed by atoms with Gasteiger partial charge in [-0.05, 0) is 24.3 Å². The van der Waals surface area contributed by atoms with E-state index in [-0.39, 0.29) is 4.90 Å². The molecule has 0 aliphatic rings. The van der Waals surface area contributed by atoms with Gasteiger partial charge < -0.3 is 5.53 Å². The largest absolute Gasteiger partial charge is 0.361 e. The molecule has 0 aliphatic carbocycles. The number of benzene rings is 1. The summed E-state index contributed by atoms with van der Waals surface area (Å²) in [7, 11) is -3.76. The molecule has 0 spiro atoms. The quantitative estimate of drug-likeness (QED) is 0.480. The van der Waals surface area contributed by atoms with Crippen molar-refractivity contribution in [2.75, 3.05) is 6.54 Å². The van der Waals surface area contributed by atoms with E-state index in [0.717, 1.165) is 0 Å². The first-order valence-corrected chi connectivity index (χ1v) is 6.27. The van der Waals surface area contributed by atoms with E-state index in [4.69, 9.17) is 17.1 Å². The first-order valence-electron chi connectivity index (χ1n) is 4.41. The molecule has 17 heavy (non-hydrogen) atoms. The summed E-state index contributed by atoms with van der Waals surface area (Å²) in [6.07, 6.45) is 0.615. The molecule has 0 saturated heterocycles. The molecule has 1 aromatic carbocycles. The number of Topliss-reactive ketones (excluding diaryl/α,β-unsaturated/α-hetero) is 1. The van der Waals surface area contributed by atoms with Gasteiger partial charge in [-0.3, -0.25) is 4.79 Å². The van der Waals surface area contributed by atoms with Crippen molar-refractivity contribution < 1.29 is 18.0 Å². The summed E-state index contributed by atoms with van der Waals surface area (Å²) >= 11 is 5.62.